The van der Waals surface area contributed by atoms with E-state index in [0.29, 0.717) is 0 Å². The maximum absolute atomic E-state index is 6.14. The number of pyridine rings is 6. The van der Waals surface area contributed by atoms with Gasteiger partial charge in [0.1, 0.15) is 16.7 Å². The predicted molar refractivity (Wildman–Crippen MR) is 422 cm³/mol. The first-order chi connectivity index (χ1) is 51.1. The summed E-state index contributed by atoms with van der Waals surface area (Å²) >= 11 is 0. The first-order valence-corrected chi connectivity index (χ1v) is 34.2. The van der Waals surface area contributed by atoms with Gasteiger partial charge in [0.2, 0.25) is 0 Å². The number of benzene rings is 10. The molecule has 0 unspecified atom stereocenters. The Kier molecular flexibility index (Phi) is 26.4. The predicted octanol–water partition coefficient (Wildman–Crippen LogP) is 24.2. The van der Waals surface area contributed by atoms with Crippen LogP contribution in [0.4, 0.5) is 0 Å². The fraction of sp³-hybridized carbons (Fsp3) is 0.0526. The van der Waals surface area contributed by atoms with Crippen LogP contribution in [-0.2, 0) is 60.3 Å². The van der Waals surface area contributed by atoms with E-state index in [4.69, 9.17) is 13.3 Å². The fourth-order valence-corrected chi connectivity index (χ4v) is 12.0. The summed E-state index contributed by atoms with van der Waals surface area (Å²) in [5, 5.41) is 6.71. The van der Waals surface area contributed by atoms with Gasteiger partial charge < -0.3 is 43.2 Å². The van der Waals surface area contributed by atoms with Crippen LogP contribution in [0, 0.1) is 71.0 Å². The smallest absolute Gasteiger partial charge is 0.123 e. The normalized spacial score (nSPS) is 10.4. The number of hydrogen-bond acceptors (Lipinski definition) is 9. The van der Waals surface area contributed by atoms with Gasteiger partial charge in [-0.2, -0.15) is 0 Å². The fourth-order valence-electron chi connectivity index (χ4n) is 12.0. The van der Waals surface area contributed by atoms with Crippen molar-refractivity contribution in [1.82, 2.24) is 29.9 Å². The van der Waals surface area contributed by atoms with E-state index in [0.717, 1.165) is 144 Å². The Balaban J connectivity index is 0.000000130. The van der Waals surface area contributed by atoms with E-state index in [1.807, 2.05) is 233 Å². The average molecular weight is 1920 g/mol. The molecule has 0 fully saturated rings. The van der Waals surface area contributed by atoms with Crippen LogP contribution >= 0.6 is 0 Å². The van der Waals surface area contributed by atoms with Crippen LogP contribution in [0.1, 0.15) is 27.8 Å². The standard InChI is InChI=1S/C24H16NO.C19H14NO.C17H10NO.2C12H10N.C11H8N.3Ir/c1-16-9-11-17(12-10-16)18-13-14-25-22(15-18)21-7-4-6-20-19-5-2-3-8-23(19)26-24(20)21;1-12-9-10-20-17(11-12)16-8-4-7-15-14-6-3-5-13(2)18(14)21-19(15)16;1-2-10-16-12(6-1)13-7-5-8-14(17(13)19-16)15-9-3-4-11-18-15;2*1-10-7-8-12(13-9-10)11-5-3-2-4-6-11;1-2-6-10(7-3-1)11-8-4-5-9-12-11;;;/h2-6,8-15H,1H3;3-7,9-11H,1-2H3;1-7,9-11H;2*2-5,7-9H,1H3;1-6,8-9H;;;/q6*-1;;;. The average Bonchev–Trinajstić information content (AvgIpc) is 1.63. The van der Waals surface area contributed by atoms with E-state index in [1.54, 1.807) is 12.4 Å². The van der Waals surface area contributed by atoms with Crippen molar-refractivity contribution >= 4 is 65.8 Å². The number of furan rings is 3. The Labute approximate surface area is 663 Å². The molecule has 529 valence electrons. The van der Waals surface area contributed by atoms with Gasteiger partial charge in [0, 0.05) is 114 Å². The monoisotopic (exact) mass is 1920 g/mol. The second-order valence-corrected chi connectivity index (χ2v) is 24.8. The van der Waals surface area contributed by atoms with Crippen molar-refractivity contribution in [3.8, 4) is 78.7 Å². The Morgan fingerprint density at radius 2 is 0.654 bits per heavy atom. The van der Waals surface area contributed by atoms with E-state index in [9.17, 15) is 0 Å². The molecule has 9 heterocycles. The summed E-state index contributed by atoms with van der Waals surface area (Å²) in [6.07, 6.45) is 11.0. The van der Waals surface area contributed by atoms with Crippen LogP contribution in [0.25, 0.3) is 144 Å². The van der Waals surface area contributed by atoms with E-state index < -0.39 is 0 Å². The van der Waals surface area contributed by atoms with Crippen molar-refractivity contribution in [2.45, 2.75) is 34.6 Å². The quantitative estimate of drug-likeness (QED) is 0.144. The molecule has 0 atom stereocenters. The molecule has 0 N–H and O–H groups in total. The molecule has 0 bridgehead atoms. The number of aryl methyl sites for hydroxylation is 5. The largest absolute Gasteiger partial charge is 0.501 e. The Hall–Kier alpha value is -11.6. The van der Waals surface area contributed by atoms with E-state index >= 15 is 0 Å². The zero-order valence-corrected chi connectivity index (χ0v) is 66.2. The van der Waals surface area contributed by atoms with Crippen molar-refractivity contribution in [3.05, 3.63) is 387 Å². The molecule has 9 nitrogen and oxygen atoms in total. The summed E-state index contributed by atoms with van der Waals surface area (Å²) in [6.45, 7) is 10.3. The molecule has 0 saturated heterocycles. The van der Waals surface area contributed by atoms with Crippen molar-refractivity contribution in [3.63, 3.8) is 0 Å². The third-order valence-electron chi connectivity index (χ3n) is 17.3. The van der Waals surface area contributed by atoms with E-state index in [2.05, 4.69) is 178 Å². The van der Waals surface area contributed by atoms with E-state index in [1.165, 1.54) is 27.8 Å². The van der Waals surface area contributed by atoms with Crippen molar-refractivity contribution in [2.75, 3.05) is 0 Å². The molecule has 19 rings (SSSR count). The van der Waals surface area contributed by atoms with E-state index in [-0.39, 0.29) is 60.3 Å². The van der Waals surface area contributed by atoms with Gasteiger partial charge >= 0.3 is 0 Å². The molecule has 0 amide bonds. The number of aromatic nitrogens is 6. The summed E-state index contributed by atoms with van der Waals surface area (Å²) < 4.78 is 18.2. The van der Waals surface area contributed by atoms with Gasteiger partial charge in [-0.3, -0.25) is 0 Å². The Bertz CT molecular complexity index is 5900. The van der Waals surface area contributed by atoms with Gasteiger partial charge in [-0.25, -0.2) is 0 Å². The minimum Gasteiger partial charge on any atom is -0.501 e. The summed E-state index contributed by atoms with van der Waals surface area (Å²) in [7, 11) is 0. The van der Waals surface area contributed by atoms with Gasteiger partial charge in [-0.1, -0.05) is 184 Å². The topological polar surface area (TPSA) is 117 Å². The Morgan fingerprint density at radius 3 is 1.13 bits per heavy atom. The van der Waals surface area contributed by atoms with Gasteiger partial charge in [0.25, 0.3) is 0 Å². The van der Waals surface area contributed by atoms with Gasteiger partial charge in [-0.05, 0) is 133 Å². The summed E-state index contributed by atoms with van der Waals surface area (Å²) in [4.78, 5) is 26.3. The number of rotatable bonds is 7. The van der Waals surface area contributed by atoms with Crippen LogP contribution in [0.3, 0.4) is 0 Å². The van der Waals surface area contributed by atoms with Gasteiger partial charge in [0.05, 0.1) is 16.7 Å². The first-order valence-electron chi connectivity index (χ1n) is 34.2. The maximum atomic E-state index is 6.14. The Morgan fingerprint density at radius 1 is 0.243 bits per heavy atom. The molecular weight excluding hydrogens is 1850 g/mol. The minimum atomic E-state index is 0. The van der Waals surface area contributed by atoms with Crippen molar-refractivity contribution in [2.24, 2.45) is 0 Å². The summed E-state index contributed by atoms with van der Waals surface area (Å²) in [5.41, 5.74) is 25.0. The number of hydrogen-bond donors (Lipinski definition) is 0. The zero-order valence-electron chi connectivity index (χ0n) is 59.0. The molecule has 12 heteroatoms. The van der Waals surface area contributed by atoms with Crippen LogP contribution in [-0.4, -0.2) is 29.9 Å². The SMILES string of the molecule is Cc1ccc(-c2[c-]cccc2)nc1.Cc1ccc(-c2[c-]cccc2)nc1.Cc1ccc(-c2ccnc(-c3[c-]ccc4c3oc3ccccc34)c2)cc1.Cc1ccnc(-c2[c-]ccc3c2oc2c(C)cccc23)c1.[Ir].[Ir].[Ir].[c-]1ccc2c(oc3ccccc32)c1-c1ccccn1.[c-]1ccccc1-c1ccccn1. The van der Waals surface area contributed by atoms with Gasteiger partial charge in [-0.15, -0.1) is 162 Å². The molecule has 10 aromatic carbocycles. The molecule has 0 aliphatic heterocycles. The molecule has 0 saturated carbocycles. The summed E-state index contributed by atoms with van der Waals surface area (Å²) in [5.74, 6) is 0. The molecule has 0 aliphatic rings. The molecule has 19 aromatic rings. The van der Waals surface area contributed by atoms with Crippen molar-refractivity contribution < 1.29 is 73.6 Å². The van der Waals surface area contributed by atoms with Crippen LogP contribution in [0.2, 0.25) is 0 Å². The molecule has 9 aromatic heterocycles. The second-order valence-electron chi connectivity index (χ2n) is 24.8. The molecule has 0 aliphatic carbocycles. The zero-order chi connectivity index (χ0) is 71.0. The number of nitrogens with zero attached hydrogens (tertiary/aromatic N) is 6. The minimum absolute atomic E-state index is 0. The molecule has 107 heavy (non-hydrogen) atoms. The third-order valence-corrected chi connectivity index (χ3v) is 17.3. The number of para-hydroxylation sites is 3. The first kappa shape index (κ1) is 76.6. The second kappa shape index (κ2) is 36.9. The maximum Gasteiger partial charge on any atom is 0.123 e. The van der Waals surface area contributed by atoms with Gasteiger partial charge in [0.15, 0.2) is 0 Å². The molecule has 0 spiro atoms. The van der Waals surface area contributed by atoms with Crippen LogP contribution in [0.5, 0.6) is 0 Å². The van der Waals surface area contributed by atoms with Crippen molar-refractivity contribution in [1.29, 1.82) is 0 Å². The summed E-state index contributed by atoms with van der Waals surface area (Å²) in [6, 6.07) is 114. The number of fused-ring (bicyclic) bond motifs is 9. The molecular formula is C95H68Ir3N6O3-6. The van der Waals surface area contributed by atoms with Crippen LogP contribution in [0.15, 0.2) is 336 Å². The van der Waals surface area contributed by atoms with Crippen LogP contribution < -0.4 is 0 Å². The third kappa shape index (κ3) is 18.6. The molecule has 3 radical (unpaired) electrons.